The first-order chi connectivity index (χ1) is 9.13. The monoisotopic (exact) mass is 255 g/mol. The van der Waals surface area contributed by atoms with Crippen molar-refractivity contribution in [3.63, 3.8) is 0 Å². The molecule has 1 aliphatic rings. The number of nitrogens with zero attached hydrogens (tertiary/aromatic N) is 3. The molecule has 0 saturated carbocycles. The van der Waals surface area contributed by atoms with E-state index in [0.717, 1.165) is 25.1 Å². The van der Waals surface area contributed by atoms with Gasteiger partial charge >= 0.3 is 0 Å². The fraction of sp³-hybridized carbons (Fsp3) is 0.286. The summed E-state index contributed by atoms with van der Waals surface area (Å²) < 4.78 is 0. The maximum absolute atomic E-state index is 5.89. The Labute approximate surface area is 112 Å². The van der Waals surface area contributed by atoms with Gasteiger partial charge in [-0.2, -0.15) is 4.98 Å². The Balaban J connectivity index is 1.86. The van der Waals surface area contributed by atoms with Crippen LogP contribution in [0.5, 0.6) is 0 Å². The number of hydrogen-bond donors (Lipinski definition) is 2. The minimum Gasteiger partial charge on any atom is -0.383 e. The zero-order chi connectivity index (χ0) is 13.4. The van der Waals surface area contributed by atoms with Crippen LogP contribution < -0.4 is 16.4 Å². The van der Waals surface area contributed by atoms with E-state index in [0.29, 0.717) is 5.82 Å². The molecule has 2 heterocycles. The average Bonchev–Trinajstić information content (AvgIpc) is 2.75. The van der Waals surface area contributed by atoms with Gasteiger partial charge in [-0.15, -0.1) is 0 Å². The van der Waals surface area contributed by atoms with Crippen molar-refractivity contribution >= 4 is 17.5 Å². The van der Waals surface area contributed by atoms with Crippen molar-refractivity contribution in [1.29, 1.82) is 0 Å². The molecular weight excluding hydrogens is 238 g/mol. The molecule has 19 heavy (non-hydrogen) atoms. The number of nitrogens with two attached hydrogens (primary N) is 2. The van der Waals surface area contributed by atoms with Crippen LogP contribution in [-0.2, 0) is 13.0 Å². The minimum absolute atomic E-state index is 0.221. The van der Waals surface area contributed by atoms with Gasteiger partial charge in [0.2, 0.25) is 5.95 Å². The molecule has 5 heteroatoms. The molecule has 0 spiro atoms. The Morgan fingerprint density at radius 3 is 2.95 bits per heavy atom. The molecule has 1 aliphatic heterocycles. The third-order valence-corrected chi connectivity index (χ3v) is 3.50. The summed E-state index contributed by atoms with van der Waals surface area (Å²) in [5.41, 5.74) is 16.3. The molecule has 2 aromatic rings. The number of benzene rings is 1. The number of aryl methyl sites for hydroxylation is 1. The van der Waals surface area contributed by atoms with Crippen LogP contribution in [0.1, 0.15) is 16.7 Å². The summed E-state index contributed by atoms with van der Waals surface area (Å²) in [6, 6.07) is 6.56. The molecule has 4 N–H and O–H groups in total. The van der Waals surface area contributed by atoms with Crippen LogP contribution in [-0.4, -0.2) is 16.5 Å². The molecule has 0 fully saturated rings. The third-order valence-electron chi connectivity index (χ3n) is 3.50. The normalized spacial score (nSPS) is 13.6. The van der Waals surface area contributed by atoms with Crippen molar-refractivity contribution in [3.05, 3.63) is 41.1 Å². The lowest BCUT2D eigenvalue weighted by Gasteiger charge is -2.20. The van der Waals surface area contributed by atoms with E-state index in [4.69, 9.17) is 11.5 Å². The fourth-order valence-corrected chi connectivity index (χ4v) is 2.52. The summed E-state index contributed by atoms with van der Waals surface area (Å²) in [4.78, 5) is 10.3. The van der Waals surface area contributed by atoms with Crippen molar-refractivity contribution in [2.75, 3.05) is 22.9 Å². The van der Waals surface area contributed by atoms with Gasteiger partial charge < -0.3 is 16.4 Å². The van der Waals surface area contributed by atoms with Gasteiger partial charge in [0.15, 0.2) is 0 Å². The lowest BCUT2D eigenvalue weighted by molar-refractivity contribution is 0.830. The summed E-state index contributed by atoms with van der Waals surface area (Å²) in [5.74, 6) is 0.687. The molecule has 0 unspecified atom stereocenters. The lowest BCUT2D eigenvalue weighted by Crippen LogP contribution is -2.21. The van der Waals surface area contributed by atoms with Gasteiger partial charge in [-0.05, 0) is 25.0 Å². The Kier molecular flexibility index (Phi) is 2.74. The molecular formula is C14H17N5. The first-order valence-electron chi connectivity index (χ1n) is 6.35. The molecule has 0 aliphatic carbocycles. The summed E-state index contributed by atoms with van der Waals surface area (Å²) in [5, 5.41) is 0. The molecule has 0 bridgehead atoms. The predicted octanol–water partition coefficient (Wildman–Crippen LogP) is 1.51. The number of hydrogen-bond acceptors (Lipinski definition) is 5. The minimum atomic E-state index is 0.221. The zero-order valence-electron chi connectivity index (χ0n) is 10.9. The van der Waals surface area contributed by atoms with Crippen LogP contribution in [0.15, 0.2) is 24.4 Å². The molecule has 1 aromatic carbocycles. The van der Waals surface area contributed by atoms with Gasteiger partial charge in [0, 0.05) is 30.5 Å². The molecule has 0 radical (unpaired) electrons. The SMILES string of the molecule is Cc1ccc2c(c1)CCN2Cc1cnc(N)nc1N. The molecule has 0 atom stereocenters. The van der Waals surface area contributed by atoms with Gasteiger partial charge in [-0.1, -0.05) is 17.7 Å². The van der Waals surface area contributed by atoms with Gasteiger partial charge in [0.25, 0.3) is 0 Å². The van der Waals surface area contributed by atoms with E-state index < -0.39 is 0 Å². The highest BCUT2D eigenvalue weighted by atomic mass is 15.2. The molecule has 98 valence electrons. The quantitative estimate of drug-likeness (QED) is 0.850. The lowest BCUT2D eigenvalue weighted by atomic mass is 10.1. The van der Waals surface area contributed by atoms with Crippen LogP contribution in [0.4, 0.5) is 17.5 Å². The largest absolute Gasteiger partial charge is 0.383 e. The van der Waals surface area contributed by atoms with Gasteiger partial charge in [-0.25, -0.2) is 4.98 Å². The van der Waals surface area contributed by atoms with E-state index in [2.05, 4.69) is 40.0 Å². The van der Waals surface area contributed by atoms with Crippen molar-refractivity contribution in [3.8, 4) is 0 Å². The summed E-state index contributed by atoms with van der Waals surface area (Å²) in [6.45, 7) is 3.85. The number of nitrogen functional groups attached to an aromatic ring is 2. The summed E-state index contributed by atoms with van der Waals surface area (Å²) in [7, 11) is 0. The highest BCUT2D eigenvalue weighted by molar-refractivity contribution is 5.60. The van der Waals surface area contributed by atoms with E-state index in [1.165, 1.54) is 16.8 Å². The van der Waals surface area contributed by atoms with Gasteiger partial charge in [0.1, 0.15) is 5.82 Å². The van der Waals surface area contributed by atoms with Gasteiger partial charge in [0.05, 0.1) is 0 Å². The van der Waals surface area contributed by atoms with E-state index >= 15 is 0 Å². The Hall–Kier alpha value is -2.30. The topological polar surface area (TPSA) is 81.1 Å². The fourth-order valence-electron chi connectivity index (χ4n) is 2.52. The van der Waals surface area contributed by atoms with Gasteiger partial charge in [-0.3, -0.25) is 0 Å². The smallest absolute Gasteiger partial charge is 0.221 e. The molecule has 0 amide bonds. The van der Waals surface area contributed by atoms with Crippen LogP contribution in [0.3, 0.4) is 0 Å². The maximum atomic E-state index is 5.89. The van der Waals surface area contributed by atoms with Crippen molar-refractivity contribution in [2.24, 2.45) is 0 Å². The molecule has 1 aromatic heterocycles. The molecule has 0 saturated heterocycles. The van der Waals surface area contributed by atoms with Crippen molar-refractivity contribution in [1.82, 2.24) is 9.97 Å². The summed E-state index contributed by atoms with van der Waals surface area (Å²) in [6.07, 6.45) is 2.79. The first-order valence-corrected chi connectivity index (χ1v) is 6.35. The molecule has 5 nitrogen and oxygen atoms in total. The number of rotatable bonds is 2. The van der Waals surface area contributed by atoms with Crippen molar-refractivity contribution < 1.29 is 0 Å². The number of fused-ring (bicyclic) bond motifs is 1. The highest BCUT2D eigenvalue weighted by Crippen LogP contribution is 2.30. The zero-order valence-corrected chi connectivity index (χ0v) is 10.9. The number of aromatic nitrogens is 2. The van der Waals surface area contributed by atoms with Crippen LogP contribution >= 0.6 is 0 Å². The second-order valence-corrected chi connectivity index (χ2v) is 4.94. The Morgan fingerprint density at radius 2 is 2.16 bits per heavy atom. The standard InChI is InChI=1S/C14H17N5/c1-9-2-3-12-10(6-9)4-5-19(12)8-11-7-17-14(16)18-13(11)15/h2-3,6-7H,4-5,8H2,1H3,(H4,15,16,17,18). The Bertz CT molecular complexity index is 623. The molecule has 3 rings (SSSR count). The number of anilines is 3. The highest BCUT2D eigenvalue weighted by Gasteiger charge is 2.20. The van der Waals surface area contributed by atoms with E-state index in [1.807, 2.05) is 0 Å². The Morgan fingerprint density at radius 1 is 1.32 bits per heavy atom. The van der Waals surface area contributed by atoms with Crippen LogP contribution in [0.25, 0.3) is 0 Å². The summed E-state index contributed by atoms with van der Waals surface area (Å²) >= 11 is 0. The predicted molar refractivity (Wildman–Crippen MR) is 76.8 cm³/mol. The van der Waals surface area contributed by atoms with E-state index in [9.17, 15) is 0 Å². The second-order valence-electron chi connectivity index (χ2n) is 4.94. The second kappa shape index (κ2) is 4.42. The van der Waals surface area contributed by atoms with Crippen molar-refractivity contribution in [2.45, 2.75) is 19.9 Å². The first kappa shape index (κ1) is 11.8. The van der Waals surface area contributed by atoms with E-state index in [-0.39, 0.29) is 5.95 Å². The van der Waals surface area contributed by atoms with E-state index in [1.54, 1.807) is 6.20 Å². The van der Waals surface area contributed by atoms with Crippen LogP contribution in [0.2, 0.25) is 0 Å². The third kappa shape index (κ3) is 2.19. The maximum Gasteiger partial charge on any atom is 0.221 e. The van der Waals surface area contributed by atoms with Crippen LogP contribution in [0, 0.1) is 6.92 Å². The average molecular weight is 255 g/mol.